The van der Waals surface area contributed by atoms with Gasteiger partial charge in [-0.3, -0.25) is 9.59 Å². The molecule has 0 atom stereocenters. The van der Waals surface area contributed by atoms with Crippen molar-refractivity contribution in [3.8, 4) is 11.5 Å². The van der Waals surface area contributed by atoms with E-state index in [0.29, 0.717) is 37.4 Å². The predicted molar refractivity (Wildman–Crippen MR) is 111 cm³/mol. The molecule has 2 amide bonds. The van der Waals surface area contributed by atoms with E-state index in [-0.39, 0.29) is 17.6 Å². The summed E-state index contributed by atoms with van der Waals surface area (Å²) < 4.78 is 16.2. The van der Waals surface area contributed by atoms with Crippen LogP contribution in [0, 0.1) is 6.92 Å². The molecule has 154 valence electrons. The summed E-state index contributed by atoms with van der Waals surface area (Å²) in [5, 5.41) is 5.69. The van der Waals surface area contributed by atoms with Gasteiger partial charge < -0.3 is 24.5 Å². The van der Waals surface area contributed by atoms with Crippen molar-refractivity contribution in [2.45, 2.75) is 13.3 Å². The number of benzene rings is 2. The highest BCUT2D eigenvalue weighted by atomic mass is 16.6. The number of carbonyl (C=O) groups is 2. The molecule has 3 aromatic rings. The minimum absolute atomic E-state index is 0.207. The third-order valence-electron chi connectivity index (χ3n) is 4.80. The largest absolute Gasteiger partial charge is 0.486 e. The average Bonchev–Trinajstić information content (AvgIpc) is 3.30. The molecule has 0 fully saturated rings. The number of anilines is 1. The number of nitrogens with one attached hydrogen (secondary N) is 2. The molecule has 0 aliphatic carbocycles. The zero-order valence-electron chi connectivity index (χ0n) is 16.6. The standard InChI is InChI=1S/C23H22N2O5/c1-15-4-6-17(14-18(15)25-23(27)20-3-2-10-28-20)22(26)24-9-8-16-5-7-19-21(13-16)30-12-11-29-19/h2-7,10,13-14H,8-9,11-12H2,1H3,(H,24,26)(H,25,27). The molecule has 2 N–H and O–H groups in total. The van der Waals surface area contributed by atoms with Crippen molar-refractivity contribution in [3.63, 3.8) is 0 Å². The molecule has 0 bridgehead atoms. The Bertz CT molecular complexity index is 1060. The van der Waals surface area contributed by atoms with Gasteiger partial charge in [-0.1, -0.05) is 12.1 Å². The highest BCUT2D eigenvalue weighted by Crippen LogP contribution is 2.30. The Morgan fingerprint density at radius 1 is 0.967 bits per heavy atom. The maximum Gasteiger partial charge on any atom is 0.291 e. The Kier molecular flexibility index (Phi) is 5.70. The predicted octanol–water partition coefficient (Wildman–Crippen LogP) is 3.58. The molecule has 1 aliphatic rings. The summed E-state index contributed by atoms with van der Waals surface area (Å²) in [5.41, 5.74) is 2.94. The van der Waals surface area contributed by atoms with E-state index in [1.807, 2.05) is 25.1 Å². The van der Waals surface area contributed by atoms with Crippen LogP contribution in [0.25, 0.3) is 0 Å². The van der Waals surface area contributed by atoms with Gasteiger partial charge in [0.15, 0.2) is 17.3 Å². The van der Waals surface area contributed by atoms with Gasteiger partial charge >= 0.3 is 0 Å². The van der Waals surface area contributed by atoms with Crippen LogP contribution >= 0.6 is 0 Å². The van der Waals surface area contributed by atoms with Crippen LogP contribution in [0.4, 0.5) is 5.69 Å². The molecule has 7 nitrogen and oxygen atoms in total. The van der Waals surface area contributed by atoms with Crippen LogP contribution in [0.3, 0.4) is 0 Å². The van der Waals surface area contributed by atoms with Crippen LogP contribution in [-0.4, -0.2) is 31.6 Å². The Morgan fingerprint density at radius 2 is 1.80 bits per heavy atom. The fourth-order valence-corrected chi connectivity index (χ4v) is 3.16. The quantitative estimate of drug-likeness (QED) is 0.653. The van der Waals surface area contributed by atoms with Crippen molar-refractivity contribution in [2.24, 2.45) is 0 Å². The van der Waals surface area contributed by atoms with E-state index >= 15 is 0 Å². The molecule has 2 heterocycles. The minimum Gasteiger partial charge on any atom is -0.486 e. The summed E-state index contributed by atoms with van der Waals surface area (Å²) in [6.07, 6.45) is 2.10. The van der Waals surface area contributed by atoms with Crippen LogP contribution in [0.1, 0.15) is 32.0 Å². The second-order valence-electron chi connectivity index (χ2n) is 6.95. The Hall–Kier alpha value is -3.74. The lowest BCUT2D eigenvalue weighted by Gasteiger charge is -2.18. The molecule has 0 unspecified atom stereocenters. The van der Waals surface area contributed by atoms with Crippen molar-refractivity contribution in [1.82, 2.24) is 5.32 Å². The van der Waals surface area contributed by atoms with E-state index in [4.69, 9.17) is 13.9 Å². The van der Waals surface area contributed by atoms with Crippen molar-refractivity contribution in [3.05, 3.63) is 77.2 Å². The van der Waals surface area contributed by atoms with Gasteiger partial charge in [-0.2, -0.15) is 0 Å². The van der Waals surface area contributed by atoms with Gasteiger partial charge in [-0.05, 0) is 60.9 Å². The summed E-state index contributed by atoms with van der Waals surface area (Å²) in [5.74, 6) is 1.13. The Balaban J connectivity index is 1.36. The van der Waals surface area contributed by atoms with Gasteiger partial charge in [0.2, 0.25) is 0 Å². The Labute approximate surface area is 174 Å². The van der Waals surface area contributed by atoms with Gasteiger partial charge in [0.05, 0.1) is 6.26 Å². The molecule has 1 aliphatic heterocycles. The maximum atomic E-state index is 12.6. The molecular formula is C23H22N2O5. The third-order valence-corrected chi connectivity index (χ3v) is 4.80. The van der Waals surface area contributed by atoms with Crippen LogP contribution in [0.5, 0.6) is 11.5 Å². The molecule has 0 saturated heterocycles. The first-order chi connectivity index (χ1) is 14.6. The molecule has 1 aromatic heterocycles. The second-order valence-corrected chi connectivity index (χ2v) is 6.95. The zero-order valence-corrected chi connectivity index (χ0v) is 16.6. The van der Waals surface area contributed by atoms with Crippen LogP contribution in [-0.2, 0) is 6.42 Å². The number of rotatable bonds is 6. The normalized spacial score (nSPS) is 12.3. The number of carbonyl (C=O) groups excluding carboxylic acids is 2. The minimum atomic E-state index is -0.362. The summed E-state index contributed by atoms with van der Waals surface area (Å²) in [7, 11) is 0. The third kappa shape index (κ3) is 4.46. The van der Waals surface area contributed by atoms with Gasteiger partial charge in [0, 0.05) is 17.8 Å². The Morgan fingerprint density at radius 3 is 2.60 bits per heavy atom. The fraction of sp³-hybridized carbons (Fsp3) is 0.217. The SMILES string of the molecule is Cc1ccc(C(=O)NCCc2ccc3c(c2)OCCO3)cc1NC(=O)c1ccco1. The number of furan rings is 1. The van der Waals surface area contributed by atoms with Crippen LogP contribution in [0.15, 0.2) is 59.2 Å². The number of ether oxygens (including phenoxy) is 2. The number of amides is 2. The summed E-state index contributed by atoms with van der Waals surface area (Å²) in [6, 6.07) is 14.2. The first-order valence-electron chi connectivity index (χ1n) is 9.72. The molecule has 0 radical (unpaired) electrons. The molecule has 0 spiro atoms. The number of fused-ring (bicyclic) bond motifs is 1. The number of hydrogen-bond donors (Lipinski definition) is 2. The van der Waals surface area contributed by atoms with E-state index in [9.17, 15) is 9.59 Å². The van der Waals surface area contributed by atoms with Crippen LogP contribution < -0.4 is 20.1 Å². The maximum absolute atomic E-state index is 12.6. The van der Waals surface area contributed by atoms with E-state index in [2.05, 4.69) is 10.6 Å². The van der Waals surface area contributed by atoms with Gasteiger partial charge in [-0.15, -0.1) is 0 Å². The number of aryl methyl sites for hydroxylation is 1. The van der Waals surface area contributed by atoms with E-state index < -0.39 is 0 Å². The lowest BCUT2D eigenvalue weighted by molar-refractivity contribution is 0.0952. The summed E-state index contributed by atoms with van der Waals surface area (Å²) >= 11 is 0. The van der Waals surface area contributed by atoms with E-state index in [1.54, 1.807) is 30.3 Å². The highest BCUT2D eigenvalue weighted by Gasteiger charge is 2.14. The van der Waals surface area contributed by atoms with Crippen LogP contribution in [0.2, 0.25) is 0 Å². The number of hydrogen-bond acceptors (Lipinski definition) is 5. The molecule has 4 rings (SSSR count). The van der Waals surface area contributed by atoms with Crippen molar-refractivity contribution < 1.29 is 23.5 Å². The van der Waals surface area contributed by atoms with E-state index in [0.717, 1.165) is 22.6 Å². The first-order valence-corrected chi connectivity index (χ1v) is 9.72. The summed E-state index contributed by atoms with van der Waals surface area (Å²) in [6.45, 7) is 3.43. The van der Waals surface area contributed by atoms with Crippen molar-refractivity contribution in [1.29, 1.82) is 0 Å². The first kappa shape index (κ1) is 19.6. The van der Waals surface area contributed by atoms with Crippen molar-refractivity contribution in [2.75, 3.05) is 25.1 Å². The van der Waals surface area contributed by atoms with Gasteiger partial charge in [0.25, 0.3) is 11.8 Å². The second kappa shape index (κ2) is 8.73. The zero-order chi connectivity index (χ0) is 20.9. The van der Waals surface area contributed by atoms with Gasteiger partial charge in [-0.25, -0.2) is 0 Å². The topological polar surface area (TPSA) is 89.8 Å². The summed E-state index contributed by atoms with van der Waals surface area (Å²) in [4.78, 5) is 24.8. The fourth-order valence-electron chi connectivity index (χ4n) is 3.16. The monoisotopic (exact) mass is 406 g/mol. The molecule has 2 aromatic carbocycles. The lowest BCUT2D eigenvalue weighted by Crippen LogP contribution is -2.26. The smallest absolute Gasteiger partial charge is 0.291 e. The van der Waals surface area contributed by atoms with Gasteiger partial charge in [0.1, 0.15) is 13.2 Å². The molecule has 0 saturated carbocycles. The average molecular weight is 406 g/mol. The van der Waals surface area contributed by atoms with E-state index in [1.165, 1.54) is 6.26 Å². The van der Waals surface area contributed by atoms with Crippen molar-refractivity contribution >= 4 is 17.5 Å². The molecule has 7 heteroatoms. The molecule has 30 heavy (non-hydrogen) atoms. The lowest BCUT2D eigenvalue weighted by atomic mass is 10.1. The highest BCUT2D eigenvalue weighted by molar-refractivity contribution is 6.03. The molecular weight excluding hydrogens is 384 g/mol.